The molecule has 2 amide bonds. The standard InChI is InChI=1S/C19H24N2O4S/c20-16(22)15-13-9-3-1-2-4-10-14(13)26-18(15)21-17(23)11-7-5-6-8-12(11)19(24)25/h5-6,11-12H,1-4,7-10H2,(H2,20,22)(H,21,23)(H,24,25)/p-1/t11-,12+/m1/s1. The second-order valence-electron chi connectivity index (χ2n) is 6.95. The molecular weight excluding hydrogens is 352 g/mol. The van der Waals surface area contributed by atoms with Gasteiger partial charge < -0.3 is 21.0 Å². The summed E-state index contributed by atoms with van der Waals surface area (Å²) in [6.07, 6.45) is 10.2. The number of thiophene rings is 1. The molecule has 0 aliphatic heterocycles. The number of carboxylic acid groups (broad SMARTS) is 1. The zero-order chi connectivity index (χ0) is 18.7. The van der Waals surface area contributed by atoms with E-state index in [2.05, 4.69) is 5.32 Å². The molecule has 0 unspecified atom stereocenters. The number of hydrogen-bond donors (Lipinski definition) is 2. The van der Waals surface area contributed by atoms with Crippen LogP contribution >= 0.6 is 11.3 Å². The molecule has 0 aromatic carbocycles. The molecule has 1 aromatic rings. The van der Waals surface area contributed by atoms with Crippen molar-refractivity contribution in [3.05, 3.63) is 28.2 Å². The highest BCUT2D eigenvalue weighted by molar-refractivity contribution is 7.17. The van der Waals surface area contributed by atoms with E-state index in [0.717, 1.165) is 49.0 Å². The lowest BCUT2D eigenvalue weighted by Crippen LogP contribution is -2.41. The first kappa shape index (κ1) is 18.6. The number of carbonyl (C=O) groups excluding carboxylic acids is 3. The van der Waals surface area contributed by atoms with Gasteiger partial charge in [-0.1, -0.05) is 25.0 Å². The minimum atomic E-state index is -1.22. The van der Waals surface area contributed by atoms with Crippen molar-refractivity contribution in [1.29, 1.82) is 0 Å². The van der Waals surface area contributed by atoms with E-state index in [4.69, 9.17) is 5.73 Å². The van der Waals surface area contributed by atoms with E-state index in [1.54, 1.807) is 6.08 Å². The molecule has 1 heterocycles. The highest BCUT2D eigenvalue weighted by atomic mass is 32.1. The molecule has 0 radical (unpaired) electrons. The van der Waals surface area contributed by atoms with Crippen molar-refractivity contribution in [2.24, 2.45) is 17.6 Å². The van der Waals surface area contributed by atoms with Gasteiger partial charge in [0.15, 0.2) is 0 Å². The third kappa shape index (κ3) is 3.82. The summed E-state index contributed by atoms with van der Waals surface area (Å²) in [5, 5.41) is 14.6. The minimum absolute atomic E-state index is 0.282. The first-order valence-corrected chi connectivity index (χ1v) is 9.91. The smallest absolute Gasteiger partial charge is 0.251 e. The first-order valence-electron chi connectivity index (χ1n) is 9.10. The number of anilines is 1. The Morgan fingerprint density at radius 2 is 1.69 bits per heavy atom. The Labute approximate surface area is 156 Å². The molecule has 2 aliphatic carbocycles. The SMILES string of the molecule is NC(=O)c1c(NC(=O)[C@@H]2CC=CC[C@@H]2C(=O)[O-])sc2c1CCCCCC2. The monoisotopic (exact) mass is 375 g/mol. The van der Waals surface area contributed by atoms with Gasteiger partial charge in [-0.3, -0.25) is 9.59 Å². The lowest BCUT2D eigenvalue weighted by Gasteiger charge is -2.28. The van der Waals surface area contributed by atoms with Crippen molar-refractivity contribution in [2.45, 2.75) is 51.4 Å². The molecule has 0 saturated carbocycles. The van der Waals surface area contributed by atoms with Gasteiger partial charge in [-0.05, 0) is 44.1 Å². The lowest BCUT2D eigenvalue weighted by atomic mass is 9.82. The van der Waals surface area contributed by atoms with Gasteiger partial charge in [-0.15, -0.1) is 11.3 Å². The van der Waals surface area contributed by atoms with Gasteiger partial charge in [0, 0.05) is 16.8 Å². The summed E-state index contributed by atoms with van der Waals surface area (Å²) in [5.41, 5.74) is 6.96. The predicted molar refractivity (Wildman–Crippen MR) is 97.7 cm³/mol. The summed E-state index contributed by atoms with van der Waals surface area (Å²) in [6, 6.07) is 0. The Kier molecular flexibility index (Phi) is 5.76. The number of nitrogens with one attached hydrogen (secondary N) is 1. The van der Waals surface area contributed by atoms with Crippen LogP contribution in [0.1, 0.15) is 59.3 Å². The summed E-state index contributed by atoms with van der Waals surface area (Å²) >= 11 is 1.40. The number of allylic oxidation sites excluding steroid dienone is 2. The van der Waals surface area contributed by atoms with Crippen molar-refractivity contribution < 1.29 is 19.5 Å². The van der Waals surface area contributed by atoms with Crippen LogP contribution in [0.3, 0.4) is 0 Å². The Bertz CT molecular complexity index is 753. The molecule has 0 spiro atoms. The average Bonchev–Trinajstić information content (AvgIpc) is 2.91. The summed E-state index contributed by atoms with van der Waals surface area (Å²) in [7, 11) is 0. The zero-order valence-corrected chi connectivity index (χ0v) is 15.4. The Morgan fingerprint density at radius 1 is 1.04 bits per heavy atom. The maximum Gasteiger partial charge on any atom is 0.251 e. The van der Waals surface area contributed by atoms with Gasteiger partial charge in [0.25, 0.3) is 5.91 Å². The Morgan fingerprint density at radius 3 is 2.35 bits per heavy atom. The van der Waals surface area contributed by atoms with E-state index in [1.807, 2.05) is 6.08 Å². The van der Waals surface area contributed by atoms with E-state index < -0.39 is 23.7 Å². The number of hydrogen-bond acceptors (Lipinski definition) is 5. The number of nitrogens with two attached hydrogens (primary N) is 1. The second kappa shape index (κ2) is 8.03. The van der Waals surface area contributed by atoms with Crippen LogP contribution in [-0.4, -0.2) is 17.8 Å². The van der Waals surface area contributed by atoms with Crippen molar-refractivity contribution in [2.75, 3.05) is 5.32 Å². The molecule has 3 rings (SSSR count). The molecule has 26 heavy (non-hydrogen) atoms. The van der Waals surface area contributed by atoms with Crippen molar-refractivity contribution in [3.8, 4) is 0 Å². The van der Waals surface area contributed by atoms with Crippen LogP contribution in [0.5, 0.6) is 0 Å². The van der Waals surface area contributed by atoms with Crippen LogP contribution in [0.15, 0.2) is 12.2 Å². The summed E-state index contributed by atoms with van der Waals surface area (Å²) < 4.78 is 0. The number of amides is 2. The van der Waals surface area contributed by atoms with Crippen LogP contribution in [0, 0.1) is 11.8 Å². The van der Waals surface area contributed by atoms with Crippen LogP contribution in [0.2, 0.25) is 0 Å². The number of aryl methyl sites for hydroxylation is 1. The normalized spacial score (nSPS) is 22.8. The molecule has 0 saturated heterocycles. The van der Waals surface area contributed by atoms with Crippen LogP contribution in [0.4, 0.5) is 5.00 Å². The van der Waals surface area contributed by atoms with Crippen LogP contribution in [0.25, 0.3) is 0 Å². The summed E-state index contributed by atoms with van der Waals surface area (Å²) in [6.45, 7) is 0. The largest absolute Gasteiger partial charge is 0.550 e. The number of carboxylic acids is 1. The van der Waals surface area contributed by atoms with Gasteiger partial charge in [0.1, 0.15) is 5.00 Å². The number of rotatable bonds is 4. The van der Waals surface area contributed by atoms with Crippen molar-refractivity contribution in [3.63, 3.8) is 0 Å². The minimum Gasteiger partial charge on any atom is -0.550 e. The molecular formula is C19H23N2O4S-. The lowest BCUT2D eigenvalue weighted by molar-refractivity contribution is -0.313. The highest BCUT2D eigenvalue weighted by Gasteiger charge is 2.32. The van der Waals surface area contributed by atoms with Crippen molar-refractivity contribution in [1.82, 2.24) is 0 Å². The molecule has 7 heteroatoms. The predicted octanol–water partition coefficient (Wildman–Crippen LogP) is 1.78. The molecule has 6 nitrogen and oxygen atoms in total. The second-order valence-corrected chi connectivity index (χ2v) is 8.06. The molecule has 0 fully saturated rings. The van der Waals surface area contributed by atoms with Crippen molar-refractivity contribution >= 4 is 34.1 Å². The summed E-state index contributed by atoms with van der Waals surface area (Å²) in [4.78, 5) is 37.2. The molecule has 2 aliphatic rings. The van der Waals surface area contributed by atoms with E-state index >= 15 is 0 Å². The highest BCUT2D eigenvalue weighted by Crippen LogP contribution is 2.37. The van der Waals surface area contributed by atoms with E-state index in [1.165, 1.54) is 11.3 Å². The fourth-order valence-corrected chi connectivity index (χ4v) is 5.13. The number of carbonyl (C=O) groups is 3. The van der Waals surface area contributed by atoms with Gasteiger partial charge in [0.2, 0.25) is 5.91 Å². The fourth-order valence-electron chi connectivity index (χ4n) is 3.84. The molecule has 0 bridgehead atoms. The molecule has 3 N–H and O–H groups in total. The Balaban J connectivity index is 1.88. The Hall–Kier alpha value is -2.15. The van der Waals surface area contributed by atoms with Gasteiger partial charge in [-0.25, -0.2) is 0 Å². The van der Waals surface area contributed by atoms with Crippen LogP contribution < -0.4 is 16.2 Å². The number of fused-ring (bicyclic) bond motifs is 1. The van der Waals surface area contributed by atoms with E-state index in [9.17, 15) is 19.5 Å². The van der Waals surface area contributed by atoms with Gasteiger partial charge in [0.05, 0.1) is 11.5 Å². The average molecular weight is 375 g/mol. The third-order valence-electron chi connectivity index (χ3n) is 5.23. The molecule has 2 atom stereocenters. The fraction of sp³-hybridized carbons (Fsp3) is 0.526. The van der Waals surface area contributed by atoms with Gasteiger partial charge in [-0.2, -0.15) is 0 Å². The van der Waals surface area contributed by atoms with Gasteiger partial charge >= 0.3 is 0 Å². The molecule has 140 valence electrons. The van der Waals surface area contributed by atoms with E-state index in [-0.39, 0.29) is 12.3 Å². The zero-order valence-electron chi connectivity index (χ0n) is 14.6. The number of primary amides is 1. The third-order valence-corrected chi connectivity index (χ3v) is 6.43. The maximum absolute atomic E-state index is 12.7. The topological polar surface area (TPSA) is 112 Å². The first-order chi connectivity index (χ1) is 12.5. The van der Waals surface area contributed by atoms with E-state index in [0.29, 0.717) is 17.0 Å². The summed E-state index contributed by atoms with van der Waals surface area (Å²) in [5.74, 6) is -3.70. The maximum atomic E-state index is 12.7. The number of aliphatic carboxylic acids is 1. The van der Waals surface area contributed by atoms with Crippen LogP contribution in [-0.2, 0) is 22.4 Å². The quantitative estimate of drug-likeness (QED) is 0.781. The molecule has 1 aromatic heterocycles.